The van der Waals surface area contributed by atoms with E-state index in [0.29, 0.717) is 6.61 Å². The lowest BCUT2D eigenvalue weighted by Crippen LogP contribution is -2.30. The first-order valence-electron chi connectivity index (χ1n) is 7.24. The van der Waals surface area contributed by atoms with E-state index in [2.05, 4.69) is 27.6 Å². The minimum Gasteiger partial charge on any atom is -0.348 e. The lowest BCUT2D eigenvalue weighted by Gasteiger charge is -2.17. The van der Waals surface area contributed by atoms with Crippen molar-refractivity contribution in [2.45, 2.75) is 32.3 Å². The van der Waals surface area contributed by atoms with Crippen LogP contribution in [0.4, 0.5) is 0 Å². The maximum absolute atomic E-state index is 5.77. The number of rotatable bonds is 5. The molecule has 2 N–H and O–H groups in total. The Morgan fingerprint density at radius 1 is 1.33 bits per heavy atom. The largest absolute Gasteiger partial charge is 0.348 e. The topological polar surface area (TPSA) is 59.2 Å². The number of aromatic nitrogens is 2. The van der Waals surface area contributed by atoms with Crippen LogP contribution in [0.3, 0.4) is 0 Å². The summed E-state index contributed by atoms with van der Waals surface area (Å²) in [4.78, 5) is 0. The minimum absolute atomic E-state index is 0.104. The lowest BCUT2D eigenvalue weighted by molar-refractivity contribution is -0.137. The van der Waals surface area contributed by atoms with Crippen LogP contribution >= 0.6 is 0 Å². The molecule has 1 unspecified atom stereocenters. The van der Waals surface area contributed by atoms with Gasteiger partial charge in [-0.25, -0.2) is 0 Å². The molecular weight excluding hydrogens is 266 g/mol. The normalized spacial score (nSPS) is 20.8. The molecule has 1 atom stereocenters. The number of benzene rings is 1. The van der Waals surface area contributed by atoms with Gasteiger partial charge in [0.25, 0.3) is 0 Å². The van der Waals surface area contributed by atoms with E-state index in [4.69, 9.17) is 9.47 Å². The SMILES string of the molecule is CC1(C)OCC(CNCc2cn[nH]c2-c2ccccc2)O1. The van der Waals surface area contributed by atoms with Crippen molar-refractivity contribution < 1.29 is 9.47 Å². The Labute approximate surface area is 124 Å². The Morgan fingerprint density at radius 2 is 2.14 bits per heavy atom. The number of hydrogen-bond acceptors (Lipinski definition) is 4. The third-order valence-corrected chi connectivity index (χ3v) is 3.54. The molecule has 2 aromatic rings. The summed E-state index contributed by atoms with van der Waals surface area (Å²) in [5, 5.41) is 10.6. The molecule has 112 valence electrons. The van der Waals surface area contributed by atoms with Gasteiger partial charge in [0, 0.05) is 18.7 Å². The molecule has 0 amide bonds. The highest BCUT2D eigenvalue weighted by Crippen LogP contribution is 2.22. The average molecular weight is 287 g/mol. The number of nitrogens with zero attached hydrogens (tertiary/aromatic N) is 1. The van der Waals surface area contributed by atoms with Crippen LogP contribution in [0, 0.1) is 0 Å². The van der Waals surface area contributed by atoms with Gasteiger partial charge in [0.2, 0.25) is 0 Å². The first-order chi connectivity index (χ1) is 10.1. The molecule has 0 radical (unpaired) electrons. The van der Waals surface area contributed by atoms with E-state index in [9.17, 15) is 0 Å². The van der Waals surface area contributed by atoms with Crippen LogP contribution < -0.4 is 5.32 Å². The van der Waals surface area contributed by atoms with E-state index >= 15 is 0 Å². The van der Waals surface area contributed by atoms with E-state index in [-0.39, 0.29) is 6.10 Å². The first-order valence-corrected chi connectivity index (χ1v) is 7.24. The first kappa shape index (κ1) is 14.3. The van der Waals surface area contributed by atoms with Gasteiger partial charge in [-0.05, 0) is 19.4 Å². The predicted molar refractivity (Wildman–Crippen MR) is 80.6 cm³/mol. The molecule has 1 fully saturated rings. The fraction of sp³-hybridized carbons (Fsp3) is 0.438. The highest BCUT2D eigenvalue weighted by Gasteiger charge is 2.32. The molecule has 1 aliphatic rings. The summed E-state index contributed by atoms with van der Waals surface area (Å²) in [5.41, 5.74) is 3.36. The summed E-state index contributed by atoms with van der Waals surface area (Å²) in [5.74, 6) is -0.461. The van der Waals surface area contributed by atoms with Gasteiger partial charge in [0.05, 0.1) is 24.6 Å². The zero-order valence-corrected chi connectivity index (χ0v) is 12.4. The van der Waals surface area contributed by atoms with Gasteiger partial charge in [-0.2, -0.15) is 5.10 Å². The van der Waals surface area contributed by atoms with Crippen LogP contribution in [-0.2, 0) is 16.0 Å². The zero-order valence-electron chi connectivity index (χ0n) is 12.4. The molecule has 0 saturated carbocycles. The Kier molecular flexibility index (Phi) is 4.05. The van der Waals surface area contributed by atoms with Gasteiger partial charge in [-0.15, -0.1) is 0 Å². The van der Waals surface area contributed by atoms with Crippen molar-refractivity contribution in [1.82, 2.24) is 15.5 Å². The standard InChI is InChI=1S/C16H21N3O2/c1-16(2)20-11-14(21-16)10-17-8-13-9-18-19-15(13)12-6-4-3-5-7-12/h3-7,9,14,17H,8,10-11H2,1-2H3,(H,18,19). The van der Waals surface area contributed by atoms with Gasteiger partial charge in [0.1, 0.15) is 0 Å². The second-order valence-electron chi connectivity index (χ2n) is 5.72. The van der Waals surface area contributed by atoms with E-state index < -0.39 is 5.79 Å². The number of hydrogen-bond donors (Lipinski definition) is 2. The summed E-state index contributed by atoms with van der Waals surface area (Å²) < 4.78 is 11.3. The lowest BCUT2D eigenvalue weighted by atomic mass is 10.1. The van der Waals surface area contributed by atoms with Gasteiger partial charge in [0.15, 0.2) is 5.79 Å². The van der Waals surface area contributed by atoms with Crippen molar-refractivity contribution in [2.24, 2.45) is 0 Å². The smallest absolute Gasteiger partial charge is 0.163 e. The van der Waals surface area contributed by atoms with Crippen LogP contribution in [-0.4, -0.2) is 35.2 Å². The molecule has 1 aromatic heterocycles. The molecule has 5 nitrogen and oxygen atoms in total. The molecule has 3 rings (SSSR count). The molecule has 2 heterocycles. The summed E-state index contributed by atoms with van der Waals surface area (Å²) >= 11 is 0. The van der Waals surface area contributed by atoms with E-state index in [1.54, 1.807) is 0 Å². The molecular formula is C16H21N3O2. The maximum Gasteiger partial charge on any atom is 0.163 e. The molecule has 21 heavy (non-hydrogen) atoms. The van der Waals surface area contributed by atoms with Crippen LogP contribution in [0.25, 0.3) is 11.3 Å². The Balaban J connectivity index is 1.56. The van der Waals surface area contributed by atoms with Crippen LogP contribution in [0.15, 0.2) is 36.5 Å². The quantitative estimate of drug-likeness (QED) is 0.886. The Morgan fingerprint density at radius 3 is 2.86 bits per heavy atom. The Bertz CT molecular complexity index is 580. The third kappa shape index (κ3) is 3.50. The van der Waals surface area contributed by atoms with E-state index in [1.807, 2.05) is 38.2 Å². The number of aromatic amines is 1. The highest BCUT2D eigenvalue weighted by molar-refractivity contribution is 5.62. The Hall–Kier alpha value is -1.69. The van der Waals surface area contributed by atoms with Gasteiger partial charge in [-0.1, -0.05) is 30.3 Å². The van der Waals surface area contributed by atoms with Crippen molar-refractivity contribution in [2.75, 3.05) is 13.2 Å². The molecule has 0 aliphatic carbocycles. The molecule has 5 heteroatoms. The van der Waals surface area contributed by atoms with Crippen molar-refractivity contribution in [1.29, 1.82) is 0 Å². The summed E-state index contributed by atoms with van der Waals surface area (Å²) in [7, 11) is 0. The van der Waals surface area contributed by atoms with Gasteiger partial charge < -0.3 is 14.8 Å². The van der Waals surface area contributed by atoms with Crippen LogP contribution in [0.5, 0.6) is 0 Å². The summed E-state index contributed by atoms with van der Waals surface area (Å²) in [6.45, 7) is 6.04. The second-order valence-corrected chi connectivity index (χ2v) is 5.72. The number of nitrogens with one attached hydrogen (secondary N) is 2. The van der Waals surface area contributed by atoms with Gasteiger partial charge >= 0.3 is 0 Å². The number of ether oxygens (including phenoxy) is 2. The van der Waals surface area contributed by atoms with E-state index in [1.165, 1.54) is 0 Å². The molecule has 0 bridgehead atoms. The number of H-pyrrole nitrogens is 1. The average Bonchev–Trinajstić information content (AvgIpc) is 3.06. The van der Waals surface area contributed by atoms with E-state index in [0.717, 1.165) is 29.9 Å². The van der Waals surface area contributed by atoms with Crippen LogP contribution in [0.2, 0.25) is 0 Å². The molecule has 1 aromatic carbocycles. The predicted octanol–water partition coefficient (Wildman–Crippen LogP) is 2.32. The zero-order chi connectivity index (χ0) is 14.7. The van der Waals surface area contributed by atoms with Crippen LogP contribution in [0.1, 0.15) is 19.4 Å². The van der Waals surface area contributed by atoms with Crippen molar-refractivity contribution in [3.63, 3.8) is 0 Å². The second kappa shape index (κ2) is 5.97. The highest BCUT2D eigenvalue weighted by atomic mass is 16.7. The fourth-order valence-corrected chi connectivity index (χ4v) is 2.53. The molecule has 1 saturated heterocycles. The fourth-order valence-electron chi connectivity index (χ4n) is 2.53. The van der Waals surface area contributed by atoms with Crippen molar-refractivity contribution in [3.05, 3.63) is 42.1 Å². The molecule has 0 spiro atoms. The van der Waals surface area contributed by atoms with Crippen molar-refractivity contribution in [3.8, 4) is 11.3 Å². The summed E-state index contributed by atoms with van der Waals surface area (Å²) in [6.07, 6.45) is 1.97. The maximum atomic E-state index is 5.77. The molecule has 1 aliphatic heterocycles. The third-order valence-electron chi connectivity index (χ3n) is 3.54. The summed E-state index contributed by atoms with van der Waals surface area (Å²) in [6, 6.07) is 10.2. The monoisotopic (exact) mass is 287 g/mol. The van der Waals surface area contributed by atoms with Crippen molar-refractivity contribution >= 4 is 0 Å². The minimum atomic E-state index is -0.461. The van der Waals surface area contributed by atoms with Gasteiger partial charge in [-0.3, -0.25) is 5.10 Å².